The van der Waals surface area contributed by atoms with E-state index in [9.17, 15) is 4.79 Å². The largest absolute Gasteiger partial charge is 0.396 e. The number of para-hydroxylation sites is 1. The zero-order valence-corrected chi connectivity index (χ0v) is 11.5. The van der Waals surface area contributed by atoms with Crippen molar-refractivity contribution in [2.45, 2.75) is 45.1 Å². The summed E-state index contributed by atoms with van der Waals surface area (Å²) in [6.45, 7) is 2.25. The Balaban J connectivity index is 2.10. The van der Waals surface area contributed by atoms with Gasteiger partial charge in [-0.25, -0.2) is 0 Å². The second-order valence-electron chi connectivity index (χ2n) is 5.41. The topological polar surface area (TPSA) is 81.1 Å². The molecule has 1 saturated carbocycles. The lowest BCUT2D eigenvalue weighted by atomic mass is 9.84. The van der Waals surface area contributed by atoms with Crippen LogP contribution in [0.5, 0.6) is 0 Å². The molecule has 1 fully saturated rings. The number of primary amides is 1. The second-order valence-corrected chi connectivity index (χ2v) is 5.41. The summed E-state index contributed by atoms with van der Waals surface area (Å²) in [5, 5.41) is 3.48. The monoisotopic (exact) mass is 261 g/mol. The predicted octanol–water partition coefficient (Wildman–Crippen LogP) is 2.75. The van der Waals surface area contributed by atoms with Crippen molar-refractivity contribution in [3.05, 3.63) is 23.8 Å². The van der Waals surface area contributed by atoms with Crippen LogP contribution in [0.3, 0.4) is 0 Å². The van der Waals surface area contributed by atoms with E-state index in [0.717, 1.165) is 18.0 Å². The van der Waals surface area contributed by atoms with Gasteiger partial charge in [-0.3, -0.25) is 4.79 Å². The molecule has 1 aliphatic carbocycles. The molecule has 19 heavy (non-hydrogen) atoms. The minimum Gasteiger partial charge on any atom is -0.396 e. The zero-order chi connectivity index (χ0) is 13.8. The van der Waals surface area contributed by atoms with Gasteiger partial charge in [0.2, 0.25) is 0 Å². The van der Waals surface area contributed by atoms with Crippen molar-refractivity contribution in [2.75, 3.05) is 11.1 Å². The number of nitrogens with one attached hydrogen (secondary N) is 1. The molecule has 0 heterocycles. The Bertz CT molecular complexity index is 459. The van der Waals surface area contributed by atoms with Gasteiger partial charge in [-0.05, 0) is 30.9 Å². The van der Waals surface area contributed by atoms with Crippen molar-refractivity contribution < 1.29 is 4.79 Å². The van der Waals surface area contributed by atoms with Crippen LogP contribution in [-0.2, 0) is 0 Å². The van der Waals surface area contributed by atoms with Gasteiger partial charge in [0.15, 0.2) is 0 Å². The van der Waals surface area contributed by atoms with Gasteiger partial charge >= 0.3 is 0 Å². The maximum atomic E-state index is 11.3. The summed E-state index contributed by atoms with van der Waals surface area (Å²) in [6, 6.07) is 5.85. The number of nitrogens with two attached hydrogens (primary N) is 2. The molecule has 2 unspecified atom stereocenters. The SMILES string of the molecule is CCC1CCCC(Nc2cccc(C(N)=O)c2N)C1. The molecule has 5 N–H and O–H groups in total. The highest BCUT2D eigenvalue weighted by Gasteiger charge is 2.21. The van der Waals surface area contributed by atoms with Gasteiger partial charge in [-0.15, -0.1) is 0 Å². The Morgan fingerprint density at radius 2 is 2.21 bits per heavy atom. The van der Waals surface area contributed by atoms with Crippen molar-refractivity contribution in [3.63, 3.8) is 0 Å². The molecular weight excluding hydrogens is 238 g/mol. The molecule has 1 aromatic rings. The van der Waals surface area contributed by atoms with Crippen LogP contribution in [0.15, 0.2) is 18.2 Å². The molecule has 0 bridgehead atoms. The maximum Gasteiger partial charge on any atom is 0.250 e. The number of anilines is 2. The standard InChI is InChI=1S/C15H23N3O/c1-2-10-5-3-6-11(9-10)18-13-8-4-7-12(14(13)16)15(17)19/h4,7-8,10-11,18H,2-3,5-6,9,16H2,1H3,(H2,17,19). The van der Waals surface area contributed by atoms with Crippen LogP contribution in [0.1, 0.15) is 49.4 Å². The highest BCUT2D eigenvalue weighted by molar-refractivity contribution is 6.00. The molecule has 4 heteroatoms. The lowest BCUT2D eigenvalue weighted by Crippen LogP contribution is -2.27. The smallest absolute Gasteiger partial charge is 0.250 e. The van der Waals surface area contributed by atoms with E-state index in [1.807, 2.05) is 12.1 Å². The van der Waals surface area contributed by atoms with Gasteiger partial charge in [0.25, 0.3) is 5.91 Å². The third-order valence-corrected chi connectivity index (χ3v) is 4.09. The van der Waals surface area contributed by atoms with Crippen molar-refractivity contribution in [2.24, 2.45) is 11.7 Å². The first-order valence-electron chi connectivity index (χ1n) is 7.06. The van der Waals surface area contributed by atoms with Crippen LogP contribution in [0.4, 0.5) is 11.4 Å². The van der Waals surface area contributed by atoms with E-state index >= 15 is 0 Å². The number of rotatable bonds is 4. The van der Waals surface area contributed by atoms with E-state index in [4.69, 9.17) is 11.5 Å². The number of amides is 1. The lowest BCUT2D eigenvalue weighted by molar-refractivity contribution is 0.100. The van der Waals surface area contributed by atoms with Crippen LogP contribution in [-0.4, -0.2) is 11.9 Å². The second kappa shape index (κ2) is 5.95. The summed E-state index contributed by atoms with van der Waals surface area (Å²) in [4.78, 5) is 11.3. The summed E-state index contributed by atoms with van der Waals surface area (Å²) in [5.74, 6) is 0.322. The summed E-state index contributed by atoms with van der Waals surface area (Å²) in [7, 11) is 0. The van der Waals surface area contributed by atoms with Gasteiger partial charge in [-0.2, -0.15) is 0 Å². The van der Waals surface area contributed by atoms with Crippen LogP contribution in [0.25, 0.3) is 0 Å². The van der Waals surface area contributed by atoms with Gasteiger partial charge < -0.3 is 16.8 Å². The summed E-state index contributed by atoms with van der Waals surface area (Å²) >= 11 is 0. The number of hydrogen-bond donors (Lipinski definition) is 3. The minimum absolute atomic E-state index is 0.396. The normalized spacial score (nSPS) is 23.0. The quantitative estimate of drug-likeness (QED) is 0.729. The maximum absolute atomic E-state index is 11.3. The first kappa shape index (κ1) is 13.7. The van der Waals surface area contributed by atoms with Crippen LogP contribution in [0, 0.1) is 5.92 Å². The van der Waals surface area contributed by atoms with Crippen molar-refractivity contribution in [1.82, 2.24) is 0 Å². The van der Waals surface area contributed by atoms with E-state index in [1.165, 1.54) is 25.7 Å². The first-order chi connectivity index (χ1) is 9.11. The minimum atomic E-state index is -0.476. The van der Waals surface area contributed by atoms with Crippen LogP contribution >= 0.6 is 0 Å². The number of benzene rings is 1. The number of hydrogen-bond acceptors (Lipinski definition) is 3. The average molecular weight is 261 g/mol. The zero-order valence-electron chi connectivity index (χ0n) is 11.5. The van der Waals surface area contributed by atoms with Gasteiger partial charge in [0.05, 0.1) is 16.9 Å². The Labute approximate surface area is 114 Å². The third-order valence-electron chi connectivity index (χ3n) is 4.09. The summed E-state index contributed by atoms with van der Waals surface area (Å²) in [6.07, 6.45) is 6.15. The molecule has 1 aliphatic rings. The molecular formula is C15H23N3O. The molecule has 0 aliphatic heterocycles. The number of carbonyl (C=O) groups excluding carboxylic acids is 1. The molecule has 2 rings (SSSR count). The van der Waals surface area contributed by atoms with Crippen molar-refractivity contribution in [1.29, 1.82) is 0 Å². The predicted molar refractivity (Wildman–Crippen MR) is 79.0 cm³/mol. The van der Waals surface area contributed by atoms with Crippen LogP contribution < -0.4 is 16.8 Å². The first-order valence-corrected chi connectivity index (χ1v) is 7.06. The van der Waals surface area contributed by atoms with E-state index < -0.39 is 5.91 Å². The molecule has 1 aromatic carbocycles. The lowest BCUT2D eigenvalue weighted by Gasteiger charge is -2.30. The molecule has 0 spiro atoms. The highest BCUT2D eigenvalue weighted by atomic mass is 16.1. The van der Waals surface area contributed by atoms with Gasteiger partial charge in [-0.1, -0.05) is 32.3 Å². The Hall–Kier alpha value is -1.71. The van der Waals surface area contributed by atoms with Crippen molar-refractivity contribution in [3.8, 4) is 0 Å². The average Bonchev–Trinajstić information content (AvgIpc) is 2.41. The molecule has 0 saturated heterocycles. The van der Waals surface area contributed by atoms with Crippen molar-refractivity contribution >= 4 is 17.3 Å². The molecule has 4 nitrogen and oxygen atoms in total. The van der Waals surface area contributed by atoms with E-state index in [2.05, 4.69) is 12.2 Å². The molecule has 104 valence electrons. The molecule has 1 amide bonds. The van der Waals surface area contributed by atoms with Crippen LogP contribution in [0.2, 0.25) is 0 Å². The van der Waals surface area contributed by atoms with Gasteiger partial charge in [0, 0.05) is 6.04 Å². The van der Waals surface area contributed by atoms with Gasteiger partial charge in [0.1, 0.15) is 0 Å². The fraction of sp³-hybridized carbons (Fsp3) is 0.533. The fourth-order valence-electron chi connectivity index (χ4n) is 2.92. The van der Waals surface area contributed by atoms with E-state index in [-0.39, 0.29) is 0 Å². The fourth-order valence-corrected chi connectivity index (χ4v) is 2.92. The number of carbonyl (C=O) groups is 1. The highest BCUT2D eigenvalue weighted by Crippen LogP contribution is 2.31. The third kappa shape index (κ3) is 3.19. The Morgan fingerprint density at radius 3 is 2.89 bits per heavy atom. The van der Waals surface area contributed by atoms with E-state index in [1.54, 1.807) is 6.07 Å². The summed E-state index contributed by atoms with van der Waals surface area (Å²) in [5.41, 5.74) is 13.0. The summed E-state index contributed by atoms with van der Waals surface area (Å²) < 4.78 is 0. The Morgan fingerprint density at radius 1 is 1.42 bits per heavy atom. The molecule has 0 radical (unpaired) electrons. The van der Waals surface area contributed by atoms with E-state index in [0.29, 0.717) is 17.3 Å². The molecule has 0 aromatic heterocycles. The number of nitrogen functional groups attached to an aromatic ring is 1. The Kier molecular flexibility index (Phi) is 4.30. The molecule has 2 atom stereocenters.